The smallest absolute Gasteiger partial charge is 0.274 e. The van der Waals surface area contributed by atoms with E-state index in [2.05, 4.69) is 15.5 Å². The lowest BCUT2D eigenvalue weighted by Crippen LogP contribution is -2.50. The van der Waals surface area contributed by atoms with Crippen LogP contribution < -0.4 is 10.9 Å². The Kier molecular flexibility index (Phi) is 5.89. The molecule has 1 fully saturated rings. The number of aromatic nitrogens is 4. The molecule has 32 heavy (non-hydrogen) atoms. The van der Waals surface area contributed by atoms with Crippen molar-refractivity contribution >= 4 is 17.5 Å². The maximum absolute atomic E-state index is 13.0. The monoisotopic (exact) mass is 434 g/mol. The van der Waals surface area contributed by atoms with Gasteiger partial charge in [-0.05, 0) is 69.5 Å². The van der Waals surface area contributed by atoms with Crippen LogP contribution in [0.15, 0.2) is 47.3 Å². The largest absolute Gasteiger partial charge is 0.325 e. The van der Waals surface area contributed by atoms with Crippen molar-refractivity contribution in [3.63, 3.8) is 0 Å². The first-order valence-corrected chi connectivity index (χ1v) is 10.6. The zero-order chi connectivity index (χ0) is 22.8. The van der Waals surface area contributed by atoms with Crippen molar-refractivity contribution in [1.29, 1.82) is 0 Å². The number of anilines is 1. The summed E-state index contributed by atoms with van der Waals surface area (Å²) in [7, 11) is 1.50. The zero-order valence-corrected chi connectivity index (χ0v) is 18.4. The summed E-state index contributed by atoms with van der Waals surface area (Å²) in [5, 5.41) is 11.4. The van der Waals surface area contributed by atoms with Gasteiger partial charge in [-0.25, -0.2) is 9.36 Å². The molecule has 1 saturated heterocycles. The number of rotatable bonds is 4. The van der Waals surface area contributed by atoms with E-state index in [4.69, 9.17) is 0 Å². The van der Waals surface area contributed by atoms with Crippen molar-refractivity contribution in [3.8, 4) is 5.69 Å². The maximum Gasteiger partial charge on any atom is 0.274 e. The lowest BCUT2D eigenvalue weighted by atomic mass is 10.0. The quantitative estimate of drug-likeness (QED) is 0.678. The molecule has 4 rings (SSSR count). The Morgan fingerprint density at radius 1 is 1.03 bits per heavy atom. The van der Waals surface area contributed by atoms with E-state index in [-0.39, 0.29) is 23.1 Å². The summed E-state index contributed by atoms with van der Waals surface area (Å²) >= 11 is 0. The van der Waals surface area contributed by atoms with Crippen LogP contribution in [0, 0.1) is 13.8 Å². The second-order valence-corrected chi connectivity index (χ2v) is 8.07. The molecular weight excluding hydrogens is 408 g/mol. The molecule has 1 unspecified atom stereocenters. The van der Waals surface area contributed by atoms with Gasteiger partial charge in [0.2, 0.25) is 5.91 Å². The molecule has 1 N–H and O–H groups in total. The minimum atomic E-state index is -0.592. The molecule has 1 aromatic carbocycles. The van der Waals surface area contributed by atoms with Gasteiger partial charge in [-0.15, -0.1) is 0 Å². The van der Waals surface area contributed by atoms with Crippen LogP contribution in [0.2, 0.25) is 0 Å². The van der Waals surface area contributed by atoms with Crippen LogP contribution in [-0.4, -0.2) is 48.9 Å². The predicted molar refractivity (Wildman–Crippen MR) is 120 cm³/mol. The van der Waals surface area contributed by atoms with Crippen LogP contribution >= 0.6 is 0 Å². The molecule has 3 aromatic rings. The van der Waals surface area contributed by atoms with E-state index in [1.165, 1.54) is 19.2 Å². The Hall–Kier alpha value is -3.75. The minimum absolute atomic E-state index is 0.154. The molecule has 9 nitrogen and oxygen atoms in total. The van der Waals surface area contributed by atoms with Crippen LogP contribution in [0.3, 0.4) is 0 Å². The highest BCUT2D eigenvalue weighted by molar-refractivity contribution is 6.00. The Labute approximate surface area is 185 Å². The number of carbonyl (C=O) groups is 2. The lowest BCUT2D eigenvalue weighted by Gasteiger charge is -2.34. The number of hydrogen-bond acceptors (Lipinski definition) is 5. The van der Waals surface area contributed by atoms with Crippen LogP contribution in [0.25, 0.3) is 5.69 Å². The molecule has 0 radical (unpaired) electrons. The highest BCUT2D eigenvalue weighted by atomic mass is 16.2. The molecule has 1 aliphatic rings. The summed E-state index contributed by atoms with van der Waals surface area (Å²) in [6.45, 7) is 4.40. The summed E-state index contributed by atoms with van der Waals surface area (Å²) < 4.78 is 2.97. The number of nitrogens with one attached hydrogen (secondary N) is 1. The summed E-state index contributed by atoms with van der Waals surface area (Å²) in [5.74, 6) is -0.581. The number of hydrogen-bond donors (Lipinski definition) is 1. The van der Waals surface area contributed by atoms with Gasteiger partial charge >= 0.3 is 0 Å². The molecular formula is C23H26N6O3. The molecule has 1 aliphatic heterocycles. The molecule has 2 aromatic heterocycles. The van der Waals surface area contributed by atoms with Crippen molar-refractivity contribution in [2.45, 2.75) is 39.2 Å². The first-order valence-electron chi connectivity index (χ1n) is 10.6. The maximum atomic E-state index is 13.0. The molecule has 2 amide bonds. The van der Waals surface area contributed by atoms with Crippen molar-refractivity contribution in [2.24, 2.45) is 7.05 Å². The average molecular weight is 435 g/mol. The van der Waals surface area contributed by atoms with E-state index < -0.39 is 6.04 Å². The van der Waals surface area contributed by atoms with E-state index >= 15 is 0 Å². The predicted octanol–water partition coefficient (Wildman–Crippen LogP) is 2.22. The fourth-order valence-electron chi connectivity index (χ4n) is 4.01. The number of aryl methyl sites for hydroxylation is 3. The molecule has 3 heterocycles. The average Bonchev–Trinajstić information content (AvgIpc) is 3.13. The highest BCUT2D eigenvalue weighted by Crippen LogP contribution is 2.22. The Morgan fingerprint density at radius 2 is 1.78 bits per heavy atom. The number of amides is 2. The minimum Gasteiger partial charge on any atom is -0.325 e. The number of carbonyl (C=O) groups excluding carboxylic acids is 2. The van der Waals surface area contributed by atoms with Gasteiger partial charge in [0.05, 0.1) is 11.4 Å². The van der Waals surface area contributed by atoms with Crippen molar-refractivity contribution < 1.29 is 9.59 Å². The number of benzene rings is 1. The second-order valence-electron chi connectivity index (χ2n) is 8.07. The van der Waals surface area contributed by atoms with E-state index in [1.54, 1.807) is 4.90 Å². The second kappa shape index (κ2) is 8.78. The summed E-state index contributed by atoms with van der Waals surface area (Å²) in [5.41, 5.74) is 3.39. The highest BCUT2D eigenvalue weighted by Gasteiger charge is 2.33. The fraction of sp³-hybridized carbons (Fsp3) is 0.348. The van der Waals surface area contributed by atoms with Crippen LogP contribution in [-0.2, 0) is 11.8 Å². The third-order valence-electron chi connectivity index (χ3n) is 5.63. The molecule has 0 spiro atoms. The zero-order valence-electron chi connectivity index (χ0n) is 18.4. The molecule has 1 atom stereocenters. The van der Waals surface area contributed by atoms with Gasteiger partial charge in [0.15, 0.2) is 0 Å². The van der Waals surface area contributed by atoms with Gasteiger partial charge in [-0.3, -0.25) is 14.4 Å². The van der Waals surface area contributed by atoms with Crippen molar-refractivity contribution in [3.05, 3.63) is 69.9 Å². The normalized spacial score (nSPS) is 16.1. The molecule has 0 saturated carbocycles. The van der Waals surface area contributed by atoms with Gasteiger partial charge in [0.1, 0.15) is 11.7 Å². The van der Waals surface area contributed by atoms with Crippen LogP contribution in [0.1, 0.15) is 41.1 Å². The topological polar surface area (TPSA) is 102 Å². The number of likely N-dealkylation sites (tertiary alicyclic amines) is 1. The molecule has 0 bridgehead atoms. The molecule has 166 valence electrons. The van der Waals surface area contributed by atoms with Gasteiger partial charge in [0, 0.05) is 31.0 Å². The standard InChI is InChI=1S/C23H26N6O3/c1-15-14-16(2)29(25-15)18-9-7-17(8-10-18)24-22(31)20-6-4-5-13-28(20)23(32)19-11-12-21(30)27(3)26-19/h7-12,14,20H,4-6,13H2,1-3H3,(H,24,31). The van der Waals surface area contributed by atoms with E-state index in [1.807, 2.05) is 48.9 Å². The SMILES string of the molecule is Cc1cc(C)n(-c2ccc(NC(=O)C3CCCCN3C(=O)c3ccc(=O)n(C)n3)cc2)n1. The molecule has 0 aliphatic carbocycles. The third-order valence-corrected chi connectivity index (χ3v) is 5.63. The summed E-state index contributed by atoms with van der Waals surface area (Å²) in [4.78, 5) is 39.2. The van der Waals surface area contributed by atoms with Gasteiger partial charge in [-0.1, -0.05) is 0 Å². The van der Waals surface area contributed by atoms with E-state index in [0.717, 1.165) is 34.6 Å². The lowest BCUT2D eigenvalue weighted by molar-refractivity contribution is -0.121. The van der Waals surface area contributed by atoms with Crippen molar-refractivity contribution in [1.82, 2.24) is 24.5 Å². The Bertz CT molecular complexity index is 1210. The molecule has 9 heteroatoms. The van der Waals surface area contributed by atoms with Crippen molar-refractivity contribution in [2.75, 3.05) is 11.9 Å². The number of piperidine rings is 1. The fourth-order valence-corrected chi connectivity index (χ4v) is 4.01. The van der Waals surface area contributed by atoms with Crippen LogP contribution in [0.4, 0.5) is 5.69 Å². The summed E-state index contributed by atoms with van der Waals surface area (Å²) in [6, 6.07) is 11.6. The number of nitrogens with zero attached hydrogens (tertiary/aromatic N) is 5. The van der Waals surface area contributed by atoms with Gasteiger partial charge in [-0.2, -0.15) is 10.2 Å². The van der Waals surface area contributed by atoms with Crippen LogP contribution in [0.5, 0.6) is 0 Å². The van der Waals surface area contributed by atoms with E-state index in [9.17, 15) is 14.4 Å². The Morgan fingerprint density at radius 3 is 2.44 bits per heavy atom. The first-order chi connectivity index (χ1) is 15.3. The van der Waals surface area contributed by atoms with Gasteiger partial charge < -0.3 is 10.2 Å². The van der Waals surface area contributed by atoms with E-state index in [0.29, 0.717) is 18.7 Å². The first kappa shape index (κ1) is 21.5. The third kappa shape index (κ3) is 4.32. The Balaban J connectivity index is 1.49. The van der Waals surface area contributed by atoms with Gasteiger partial charge in [0.25, 0.3) is 11.5 Å². The summed E-state index contributed by atoms with van der Waals surface area (Å²) in [6.07, 6.45) is 2.26.